The summed E-state index contributed by atoms with van der Waals surface area (Å²) in [6, 6.07) is 6.77. The number of aromatic hydroxyl groups is 1. The lowest BCUT2D eigenvalue weighted by Crippen LogP contribution is -2.17. The minimum absolute atomic E-state index is 0.254. The number of carbonyl (C=O) groups is 1. The summed E-state index contributed by atoms with van der Waals surface area (Å²) >= 11 is 4.08. The molecule has 0 bridgehead atoms. The number of halogens is 2. The first-order valence-electron chi connectivity index (χ1n) is 5.49. The Kier molecular flexibility index (Phi) is 5.29. The van der Waals surface area contributed by atoms with Crippen molar-refractivity contribution in [3.05, 3.63) is 54.9 Å². The maximum atomic E-state index is 11.7. The molecule has 1 heterocycles. The number of hydrogen-bond acceptors (Lipinski definition) is 4. The van der Waals surface area contributed by atoms with Gasteiger partial charge in [0, 0.05) is 18.0 Å². The van der Waals surface area contributed by atoms with Crippen LogP contribution in [-0.2, 0) is 0 Å². The number of nitrogens with zero attached hydrogens (tertiary/aromatic N) is 2. The molecule has 2 N–H and O–H groups in total. The second kappa shape index (κ2) is 6.97. The fourth-order valence-corrected chi connectivity index (χ4v) is 3.21. The Morgan fingerprint density at radius 2 is 1.85 bits per heavy atom. The topological polar surface area (TPSA) is 74.6 Å². The van der Waals surface area contributed by atoms with Crippen LogP contribution in [0.15, 0.2) is 41.8 Å². The largest absolute Gasteiger partial charge is 0.506 e. The third kappa shape index (κ3) is 3.88. The number of phenols is 1. The average molecular weight is 493 g/mol. The Balaban J connectivity index is 2.06. The van der Waals surface area contributed by atoms with Crippen LogP contribution in [0.4, 0.5) is 0 Å². The number of hydrazone groups is 1. The van der Waals surface area contributed by atoms with Gasteiger partial charge >= 0.3 is 0 Å². The number of amides is 1. The lowest BCUT2D eigenvalue weighted by molar-refractivity contribution is 0.0955. The van der Waals surface area contributed by atoms with Crippen molar-refractivity contribution in [2.24, 2.45) is 5.10 Å². The molecule has 2 aromatic rings. The summed E-state index contributed by atoms with van der Waals surface area (Å²) in [5, 5.41) is 13.6. The number of hydrogen-bond donors (Lipinski definition) is 2. The zero-order valence-electron chi connectivity index (χ0n) is 10.0. The maximum absolute atomic E-state index is 11.7. The predicted octanol–water partition coefficient (Wildman–Crippen LogP) is 2.76. The van der Waals surface area contributed by atoms with E-state index in [2.05, 4.69) is 15.5 Å². The number of benzene rings is 1. The van der Waals surface area contributed by atoms with Crippen LogP contribution in [0.2, 0.25) is 0 Å². The molecule has 102 valence electrons. The van der Waals surface area contributed by atoms with Crippen molar-refractivity contribution in [3.63, 3.8) is 0 Å². The SMILES string of the molecule is O=C(N/N=C/c1cc(I)c(O)c(I)c1)c1ccncc1. The number of carbonyl (C=O) groups excluding carboxylic acids is 1. The number of phenolic OH excluding ortho intramolecular Hbond substituents is 1. The predicted molar refractivity (Wildman–Crippen MR) is 92.8 cm³/mol. The summed E-state index contributed by atoms with van der Waals surface area (Å²) in [6.45, 7) is 0. The summed E-state index contributed by atoms with van der Waals surface area (Å²) in [5.41, 5.74) is 3.73. The molecule has 0 radical (unpaired) electrons. The second-order valence-corrected chi connectivity index (χ2v) is 6.09. The summed E-state index contributed by atoms with van der Waals surface area (Å²) in [5.74, 6) is -0.0454. The fourth-order valence-electron chi connectivity index (χ4n) is 1.39. The van der Waals surface area contributed by atoms with Crippen molar-refractivity contribution in [2.45, 2.75) is 0 Å². The Bertz CT molecular complexity index is 637. The third-order valence-corrected chi connectivity index (χ3v) is 4.01. The Hall–Kier alpha value is -1.23. The van der Waals surface area contributed by atoms with Crippen molar-refractivity contribution in [1.29, 1.82) is 0 Å². The van der Waals surface area contributed by atoms with Crippen LogP contribution in [0, 0.1) is 7.14 Å². The standard InChI is InChI=1S/C13H9I2N3O2/c14-10-5-8(6-11(15)12(10)19)7-17-18-13(20)9-1-3-16-4-2-9/h1-7,19H,(H,18,20)/b17-7+. The smallest absolute Gasteiger partial charge is 0.271 e. The van der Waals surface area contributed by atoms with E-state index in [9.17, 15) is 9.90 Å². The van der Waals surface area contributed by atoms with E-state index < -0.39 is 0 Å². The van der Waals surface area contributed by atoms with E-state index in [1.54, 1.807) is 36.7 Å². The normalized spacial score (nSPS) is 10.7. The molecule has 0 aliphatic heterocycles. The zero-order chi connectivity index (χ0) is 14.5. The van der Waals surface area contributed by atoms with Gasteiger partial charge in [0.1, 0.15) is 5.75 Å². The number of nitrogens with one attached hydrogen (secondary N) is 1. The van der Waals surface area contributed by atoms with Crippen molar-refractivity contribution in [3.8, 4) is 5.75 Å². The van der Waals surface area contributed by atoms with E-state index >= 15 is 0 Å². The highest BCUT2D eigenvalue weighted by atomic mass is 127. The molecular formula is C13H9I2N3O2. The zero-order valence-corrected chi connectivity index (χ0v) is 14.4. The van der Waals surface area contributed by atoms with Crippen molar-refractivity contribution in [2.75, 3.05) is 0 Å². The van der Waals surface area contributed by atoms with Crippen molar-refractivity contribution >= 4 is 57.3 Å². The number of pyridine rings is 1. The first-order chi connectivity index (χ1) is 9.58. The van der Waals surface area contributed by atoms with Gasteiger partial charge in [-0.25, -0.2) is 5.43 Å². The third-order valence-electron chi connectivity index (χ3n) is 2.36. The van der Waals surface area contributed by atoms with Gasteiger partial charge in [-0.3, -0.25) is 9.78 Å². The quantitative estimate of drug-likeness (QED) is 0.393. The van der Waals surface area contributed by atoms with Gasteiger partial charge in [-0.1, -0.05) is 0 Å². The minimum Gasteiger partial charge on any atom is -0.506 e. The molecule has 1 aromatic heterocycles. The molecule has 0 fully saturated rings. The molecule has 2 rings (SSSR count). The lowest BCUT2D eigenvalue weighted by atomic mass is 10.2. The van der Waals surface area contributed by atoms with Gasteiger partial charge in [0.2, 0.25) is 0 Å². The fraction of sp³-hybridized carbons (Fsp3) is 0. The van der Waals surface area contributed by atoms with Gasteiger partial charge < -0.3 is 5.11 Å². The molecule has 0 spiro atoms. The van der Waals surface area contributed by atoms with E-state index in [0.717, 1.165) is 12.7 Å². The highest BCUT2D eigenvalue weighted by Gasteiger charge is 2.05. The van der Waals surface area contributed by atoms with Crippen LogP contribution < -0.4 is 5.43 Å². The van der Waals surface area contributed by atoms with Crippen LogP contribution in [0.3, 0.4) is 0 Å². The minimum atomic E-state index is -0.299. The van der Waals surface area contributed by atoms with Gasteiger partial charge in [0.15, 0.2) is 0 Å². The Morgan fingerprint density at radius 3 is 2.45 bits per heavy atom. The molecule has 5 nitrogen and oxygen atoms in total. The van der Waals surface area contributed by atoms with Crippen LogP contribution in [0.25, 0.3) is 0 Å². The molecule has 0 unspecified atom stereocenters. The maximum Gasteiger partial charge on any atom is 0.271 e. The highest BCUT2D eigenvalue weighted by Crippen LogP contribution is 2.26. The van der Waals surface area contributed by atoms with Gasteiger partial charge in [0.25, 0.3) is 5.91 Å². The van der Waals surface area contributed by atoms with Crippen LogP contribution in [0.1, 0.15) is 15.9 Å². The molecule has 1 aromatic carbocycles. The highest BCUT2D eigenvalue weighted by molar-refractivity contribution is 14.1. The van der Waals surface area contributed by atoms with Gasteiger partial charge in [-0.2, -0.15) is 5.10 Å². The van der Waals surface area contributed by atoms with E-state index in [0.29, 0.717) is 5.56 Å². The Morgan fingerprint density at radius 1 is 1.25 bits per heavy atom. The van der Waals surface area contributed by atoms with Crippen LogP contribution in [-0.4, -0.2) is 22.2 Å². The van der Waals surface area contributed by atoms with Crippen LogP contribution >= 0.6 is 45.2 Å². The number of aromatic nitrogens is 1. The average Bonchev–Trinajstić information content (AvgIpc) is 2.45. The summed E-state index contributed by atoms with van der Waals surface area (Å²) < 4.78 is 1.47. The molecule has 0 aliphatic carbocycles. The molecule has 0 saturated heterocycles. The van der Waals surface area contributed by atoms with E-state index in [1.807, 2.05) is 45.2 Å². The monoisotopic (exact) mass is 493 g/mol. The van der Waals surface area contributed by atoms with Gasteiger partial charge in [-0.15, -0.1) is 0 Å². The van der Waals surface area contributed by atoms with Gasteiger partial charge in [0.05, 0.1) is 13.4 Å². The Labute approximate surface area is 142 Å². The first kappa shape index (κ1) is 15.2. The summed E-state index contributed by atoms with van der Waals surface area (Å²) in [7, 11) is 0. The first-order valence-corrected chi connectivity index (χ1v) is 7.65. The van der Waals surface area contributed by atoms with Gasteiger partial charge in [-0.05, 0) is 75.0 Å². The van der Waals surface area contributed by atoms with E-state index in [-0.39, 0.29) is 11.7 Å². The molecule has 7 heteroatoms. The van der Waals surface area contributed by atoms with E-state index in [4.69, 9.17) is 0 Å². The molecule has 0 saturated carbocycles. The molecule has 0 aliphatic rings. The summed E-state index contributed by atoms with van der Waals surface area (Å²) in [6.07, 6.45) is 4.62. The second-order valence-electron chi connectivity index (χ2n) is 3.77. The van der Waals surface area contributed by atoms with Crippen molar-refractivity contribution in [1.82, 2.24) is 10.4 Å². The van der Waals surface area contributed by atoms with Crippen LogP contribution in [0.5, 0.6) is 5.75 Å². The lowest BCUT2D eigenvalue weighted by Gasteiger charge is -2.02. The molecule has 1 amide bonds. The summed E-state index contributed by atoms with van der Waals surface area (Å²) in [4.78, 5) is 15.6. The molecule has 20 heavy (non-hydrogen) atoms. The molecule has 0 atom stereocenters. The molecular weight excluding hydrogens is 484 g/mol. The van der Waals surface area contributed by atoms with E-state index in [1.165, 1.54) is 6.21 Å². The number of rotatable bonds is 3. The van der Waals surface area contributed by atoms with Crippen molar-refractivity contribution < 1.29 is 9.90 Å².